The first-order valence-corrected chi connectivity index (χ1v) is 18.1. The Labute approximate surface area is 309 Å². The summed E-state index contributed by atoms with van der Waals surface area (Å²) in [4.78, 5) is 0. The van der Waals surface area contributed by atoms with Gasteiger partial charge in [-0.2, -0.15) is 0 Å². The van der Waals surface area contributed by atoms with Gasteiger partial charge in [-0.05, 0) is 16.7 Å². The van der Waals surface area contributed by atoms with Crippen LogP contribution in [-0.4, -0.2) is 132 Å². The fourth-order valence-electron chi connectivity index (χ4n) is 5.07. The van der Waals surface area contributed by atoms with Crippen LogP contribution in [0.3, 0.4) is 0 Å². The molecule has 0 unspecified atom stereocenters. The van der Waals surface area contributed by atoms with E-state index in [0.717, 1.165) is 16.7 Å². The molecule has 3 rings (SSSR count). The van der Waals surface area contributed by atoms with E-state index in [4.69, 9.17) is 52.1 Å². The number of benzene rings is 3. The standard InChI is InChI=1S/C41H58O11/c1-2-42-18-19-43-20-21-44-22-23-45-24-25-46-26-27-47-28-29-48-30-31-49-32-33-50-34-35-51-36-37-52-41(38-12-6-3-7-13-38,39-14-8-4-9-15-39)40-16-10-5-11-17-40/h2-17H,1,18-37H2. The average molecular weight is 727 g/mol. The fraction of sp³-hybridized carbons (Fsp3) is 0.512. The van der Waals surface area contributed by atoms with E-state index in [2.05, 4.69) is 43.0 Å². The van der Waals surface area contributed by atoms with E-state index in [1.807, 2.05) is 54.6 Å². The van der Waals surface area contributed by atoms with Crippen molar-refractivity contribution in [2.24, 2.45) is 0 Å². The van der Waals surface area contributed by atoms with Crippen molar-refractivity contribution >= 4 is 0 Å². The molecule has 11 nitrogen and oxygen atoms in total. The van der Waals surface area contributed by atoms with E-state index in [9.17, 15) is 0 Å². The van der Waals surface area contributed by atoms with Crippen LogP contribution >= 0.6 is 0 Å². The molecular formula is C41H58O11. The lowest BCUT2D eigenvalue weighted by molar-refractivity contribution is -0.0399. The summed E-state index contributed by atoms with van der Waals surface area (Å²) in [6, 6.07) is 31.0. The Morgan fingerprint density at radius 3 is 0.808 bits per heavy atom. The zero-order valence-corrected chi connectivity index (χ0v) is 30.6. The molecule has 0 saturated heterocycles. The predicted molar refractivity (Wildman–Crippen MR) is 199 cm³/mol. The Morgan fingerprint density at radius 1 is 0.327 bits per heavy atom. The molecule has 0 aromatic heterocycles. The van der Waals surface area contributed by atoms with Crippen LogP contribution in [0.4, 0.5) is 0 Å². The van der Waals surface area contributed by atoms with Gasteiger partial charge in [0.15, 0.2) is 0 Å². The maximum Gasteiger partial charge on any atom is 0.143 e. The Morgan fingerprint density at radius 2 is 0.558 bits per heavy atom. The zero-order valence-electron chi connectivity index (χ0n) is 30.6. The molecule has 0 saturated carbocycles. The summed E-state index contributed by atoms with van der Waals surface area (Å²) in [6.45, 7) is 13.4. The van der Waals surface area contributed by atoms with Crippen LogP contribution in [0.5, 0.6) is 0 Å². The third kappa shape index (κ3) is 18.5. The molecule has 0 heterocycles. The fourth-order valence-corrected chi connectivity index (χ4v) is 5.07. The first-order valence-electron chi connectivity index (χ1n) is 18.1. The maximum absolute atomic E-state index is 6.73. The average Bonchev–Trinajstić information content (AvgIpc) is 3.19. The van der Waals surface area contributed by atoms with Gasteiger partial charge in [0.2, 0.25) is 0 Å². The van der Waals surface area contributed by atoms with E-state index in [1.165, 1.54) is 6.26 Å². The summed E-state index contributed by atoms with van der Waals surface area (Å²) >= 11 is 0. The predicted octanol–water partition coefficient (Wildman–Crippen LogP) is 5.30. The summed E-state index contributed by atoms with van der Waals surface area (Å²) in [7, 11) is 0. The van der Waals surface area contributed by atoms with Crippen molar-refractivity contribution in [1.82, 2.24) is 0 Å². The molecule has 52 heavy (non-hydrogen) atoms. The van der Waals surface area contributed by atoms with Crippen molar-refractivity contribution in [2.75, 3.05) is 132 Å². The largest absolute Gasteiger partial charge is 0.499 e. The van der Waals surface area contributed by atoms with Crippen molar-refractivity contribution in [3.05, 3.63) is 121 Å². The van der Waals surface area contributed by atoms with Crippen LogP contribution in [0.25, 0.3) is 0 Å². The number of rotatable bonds is 35. The van der Waals surface area contributed by atoms with Gasteiger partial charge in [0, 0.05) is 0 Å². The summed E-state index contributed by atoms with van der Waals surface area (Å²) in [5.41, 5.74) is 2.45. The van der Waals surface area contributed by atoms with Gasteiger partial charge < -0.3 is 52.1 Å². The number of hydrogen-bond acceptors (Lipinski definition) is 11. The molecule has 0 fully saturated rings. The van der Waals surface area contributed by atoms with Crippen LogP contribution in [-0.2, 0) is 57.7 Å². The van der Waals surface area contributed by atoms with Gasteiger partial charge in [0.05, 0.1) is 132 Å². The second kappa shape index (κ2) is 30.3. The molecule has 0 spiro atoms. The molecule has 0 amide bonds. The minimum Gasteiger partial charge on any atom is -0.499 e. The normalized spacial score (nSPS) is 11.5. The minimum absolute atomic E-state index is 0.416. The summed E-state index contributed by atoms with van der Waals surface area (Å²) in [6.07, 6.45) is 1.40. The zero-order chi connectivity index (χ0) is 36.5. The van der Waals surface area contributed by atoms with Crippen molar-refractivity contribution in [1.29, 1.82) is 0 Å². The van der Waals surface area contributed by atoms with E-state index in [-0.39, 0.29) is 0 Å². The third-order valence-electron chi connectivity index (χ3n) is 7.53. The monoisotopic (exact) mass is 726 g/mol. The van der Waals surface area contributed by atoms with Gasteiger partial charge in [-0.1, -0.05) is 97.6 Å². The van der Waals surface area contributed by atoms with Gasteiger partial charge in [0.25, 0.3) is 0 Å². The van der Waals surface area contributed by atoms with Crippen LogP contribution in [0.15, 0.2) is 104 Å². The Bertz CT molecular complexity index is 1120. The number of hydrogen-bond donors (Lipinski definition) is 0. The smallest absolute Gasteiger partial charge is 0.143 e. The second-order valence-corrected chi connectivity index (χ2v) is 11.2. The topological polar surface area (TPSA) is 102 Å². The van der Waals surface area contributed by atoms with E-state index in [1.54, 1.807) is 0 Å². The van der Waals surface area contributed by atoms with Crippen LogP contribution in [0.1, 0.15) is 16.7 Å². The quantitative estimate of drug-likeness (QED) is 0.0448. The molecule has 0 N–H and O–H groups in total. The summed E-state index contributed by atoms with van der Waals surface area (Å²) in [5.74, 6) is 0. The maximum atomic E-state index is 6.73. The van der Waals surface area contributed by atoms with Crippen LogP contribution in [0, 0.1) is 0 Å². The highest BCUT2D eigenvalue weighted by atomic mass is 16.6. The first-order chi connectivity index (χ1) is 25.9. The van der Waals surface area contributed by atoms with Gasteiger partial charge in [-0.3, -0.25) is 0 Å². The van der Waals surface area contributed by atoms with Gasteiger partial charge in [-0.25, -0.2) is 0 Å². The van der Waals surface area contributed by atoms with Gasteiger partial charge in [0.1, 0.15) is 12.2 Å². The van der Waals surface area contributed by atoms with E-state index in [0.29, 0.717) is 132 Å². The Kier molecular flexibility index (Phi) is 25.2. The highest BCUT2D eigenvalue weighted by molar-refractivity contribution is 5.47. The van der Waals surface area contributed by atoms with Crippen molar-refractivity contribution in [3.63, 3.8) is 0 Å². The van der Waals surface area contributed by atoms with Gasteiger partial charge >= 0.3 is 0 Å². The molecule has 0 aliphatic carbocycles. The van der Waals surface area contributed by atoms with Crippen LogP contribution in [0.2, 0.25) is 0 Å². The lowest BCUT2D eigenvalue weighted by Gasteiger charge is -2.36. The molecule has 11 heteroatoms. The first kappa shape index (κ1) is 43.2. The SMILES string of the molecule is C=COCCOCCOCCOCCOCCOCCOCCOCCOCCOCCOC(c1ccccc1)(c1ccccc1)c1ccccc1. The molecule has 0 aliphatic rings. The lowest BCUT2D eigenvalue weighted by atomic mass is 9.80. The summed E-state index contributed by atoms with van der Waals surface area (Å²) in [5, 5.41) is 0. The van der Waals surface area contributed by atoms with Gasteiger partial charge in [-0.15, -0.1) is 0 Å². The highest BCUT2D eigenvalue weighted by Crippen LogP contribution is 2.40. The Hall–Kier alpha value is -3.20. The van der Waals surface area contributed by atoms with Crippen LogP contribution < -0.4 is 0 Å². The second-order valence-electron chi connectivity index (χ2n) is 11.2. The molecule has 3 aromatic rings. The molecule has 0 radical (unpaired) electrons. The van der Waals surface area contributed by atoms with Crippen molar-refractivity contribution in [3.8, 4) is 0 Å². The molecular weight excluding hydrogens is 668 g/mol. The number of ether oxygens (including phenoxy) is 11. The molecule has 288 valence electrons. The summed E-state index contributed by atoms with van der Waals surface area (Å²) < 4.78 is 61.5. The van der Waals surface area contributed by atoms with Crippen molar-refractivity contribution in [2.45, 2.75) is 5.60 Å². The molecule has 0 atom stereocenters. The van der Waals surface area contributed by atoms with E-state index < -0.39 is 5.60 Å². The molecule has 3 aromatic carbocycles. The minimum atomic E-state index is -0.750. The lowest BCUT2D eigenvalue weighted by Crippen LogP contribution is -2.34. The molecule has 0 bridgehead atoms. The highest BCUT2D eigenvalue weighted by Gasteiger charge is 2.37. The van der Waals surface area contributed by atoms with Crippen molar-refractivity contribution < 1.29 is 52.1 Å². The Balaban J connectivity index is 1.09. The van der Waals surface area contributed by atoms with E-state index >= 15 is 0 Å². The third-order valence-corrected chi connectivity index (χ3v) is 7.53. The molecule has 0 aliphatic heterocycles.